The molecular formula is C16H21N3O4S. The molecule has 1 aromatic carbocycles. The molecule has 2 rings (SSSR count). The molecule has 0 saturated heterocycles. The van der Waals surface area contributed by atoms with Crippen LogP contribution in [0, 0.1) is 13.8 Å². The molecule has 0 fully saturated rings. The molecule has 8 heteroatoms. The van der Waals surface area contributed by atoms with Crippen LogP contribution in [-0.2, 0) is 21.2 Å². The molecule has 7 nitrogen and oxygen atoms in total. The van der Waals surface area contributed by atoms with Gasteiger partial charge in [0, 0.05) is 18.7 Å². The Bertz CT molecular complexity index is 856. The summed E-state index contributed by atoms with van der Waals surface area (Å²) in [4.78, 5) is 12.1. The van der Waals surface area contributed by atoms with Gasteiger partial charge in [-0.3, -0.25) is 9.48 Å². The number of hydrogen-bond donors (Lipinski definition) is 2. The largest absolute Gasteiger partial charge is 0.506 e. The number of hydrogen-bond acceptors (Lipinski definition) is 5. The van der Waals surface area contributed by atoms with Crippen molar-refractivity contribution in [1.82, 2.24) is 9.78 Å². The van der Waals surface area contributed by atoms with E-state index in [4.69, 9.17) is 0 Å². The minimum absolute atomic E-state index is 0.0525. The van der Waals surface area contributed by atoms with Crippen molar-refractivity contribution in [2.75, 3.05) is 11.1 Å². The Morgan fingerprint density at radius 1 is 1.29 bits per heavy atom. The fourth-order valence-electron chi connectivity index (χ4n) is 2.30. The van der Waals surface area contributed by atoms with Gasteiger partial charge in [0.05, 0.1) is 22.0 Å². The Hall–Kier alpha value is -2.35. The van der Waals surface area contributed by atoms with Gasteiger partial charge in [0.1, 0.15) is 5.75 Å². The maximum atomic E-state index is 12.1. The molecule has 2 aromatic rings. The summed E-state index contributed by atoms with van der Waals surface area (Å²) in [6.45, 7) is 5.72. The molecule has 130 valence electrons. The summed E-state index contributed by atoms with van der Waals surface area (Å²) in [5.74, 6) is -0.559. The number of carbonyl (C=O) groups is 1. The number of rotatable bonds is 6. The quantitative estimate of drug-likeness (QED) is 0.776. The van der Waals surface area contributed by atoms with Gasteiger partial charge in [-0.15, -0.1) is 0 Å². The lowest BCUT2D eigenvalue weighted by Gasteiger charge is -2.10. The van der Waals surface area contributed by atoms with Crippen molar-refractivity contribution < 1.29 is 18.3 Å². The normalized spacial score (nSPS) is 11.5. The fourth-order valence-corrected chi connectivity index (χ4v) is 3.20. The Balaban J connectivity index is 2.08. The predicted octanol–water partition coefficient (Wildman–Crippen LogP) is 2.03. The number of sulfone groups is 1. The highest BCUT2D eigenvalue weighted by Gasteiger charge is 2.15. The van der Waals surface area contributed by atoms with Crippen LogP contribution in [0.25, 0.3) is 0 Å². The van der Waals surface area contributed by atoms with Gasteiger partial charge in [0.2, 0.25) is 5.91 Å². The van der Waals surface area contributed by atoms with Crippen LogP contribution in [0.5, 0.6) is 5.75 Å². The monoisotopic (exact) mass is 351 g/mol. The van der Waals surface area contributed by atoms with Crippen LogP contribution in [-0.4, -0.2) is 35.0 Å². The van der Waals surface area contributed by atoms with Crippen LogP contribution in [0.4, 0.5) is 5.69 Å². The van der Waals surface area contributed by atoms with E-state index in [1.54, 1.807) is 4.68 Å². The van der Waals surface area contributed by atoms with Crippen molar-refractivity contribution in [3.63, 3.8) is 0 Å². The molecule has 0 spiro atoms. The summed E-state index contributed by atoms with van der Waals surface area (Å²) < 4.78 is 25.5. The van der Waals surface area contributed by atoms with E-state index in [0.29, 0.717) is 6.54 Å². The summed E-state index contributed by atoms with van der Waals surface area (Å²) in [5.41, 5.74) is 1.92. The average Bonchev–Trinajstić information content (AvgIpc) is 2.85. The van der Waals surface area contributed by atoms with Crippen LogP contribution in [0.1, 0.15) is 24.7 Å². The van der Waals surface area contributed by atoms with Crippen LogP contribution < -0.4 is 5.32 Å². The molecule has 24 heavy (non-hydrogen) atoms. The predicted molar refractivity (Wildman–Crippen MR) is 90.8 cm³/mol. The second kappa shape index (κ2) is 7.04. The minimum Gasteiger partial charge on any atom is -0.506 e. The van der Waals surface area contributed by atoms with Gasteiger partial charge < -0.3 is 10.4 Å². The van der Waals surface area contributed by atoms with Gasteiger partial charge in [-0.1, -0.05) is 6.92 Å². The molecule has 0 radical (unpaired) electrons. The summed E-state index contributed by atoms with van der Waals surface area (Å²) in [5, 5.41) is 16.6. The maximum Gasteiger partial charge on any atom is 0.226 e. The number of nitrogens with zero attached hydrogens (tertiary/aromatic N) is 2. The van der Waals surface area contributed by atoms with E-state index in [0.717, 1.165) is 11.4 Å². The summed E-state index contributed by atoms with van der Waals surface area (Å²) in [6.07, 6.45) is 0.159. The Labute approximate surface area is 141 Å². The van der Waals surface area contributed by atoms with Crippen LogP contribution in [0.15, 0.2) is 29.2 Å². The third kappa shape index (κ3) is 4.14. The first-order chi connectivity index (χ1) is 11.2. The number of nitrogens with one attached hydrogen (secondary N) is 1. The van der Waals surface area contributed by atoms with Crippen LogP contribution >= 0.6 is 0 Å². The van der Waals surface area contributed by atoms with E-state index in [9.17, 15) is 18.3 Å². The highest BCUT2D eigenvalue weighted by molar-refractivity contribution is 7.91. The topological polar surface area (TPSA) is 101 Å². The minimum atomic E-state index is -3.41. The Kier molecular flexibility index (Phi) is 5.28. The zero-order valence-electron chi connectivity index (χ0n) is 13.9. The lowest BCUT2D eigenvalue weighted by Crippen LogP contribution is -2.16. The Morgan fingerprint density at radius 2 is 2.00 bits per heavy atom. The third-order valence-corrected chi connectivity index (χ3v) is 5.37. The van der Waals surface area contributed by atoms with Crippen LogP contribution in [0.3, 0.4) is 0 Å². The molecule has 1 amide bonds. The smallest absolute Gasteiger partial charge is 0.226 e. The van der Waals surface area contributed by atoms with Gasteiger partial charge >= 0.3 is 0 Å². The lowest BCUT2D eigenvalue weighted by atomic mass is 10.2. The van der Waals surface area contributed by atoms with Crippen molar-refractivity contribution in [3.8, 4) is 5.75 Å². The molecular weight excluding hydrogens is 330 g/mol. The van der Waals surface area contributed by atoms with Crippen molar-refractivity contribution in [2.24, 2.45) is 0 Å². The van der Waals surface area contributed by atoms with Crippen molar-refractivity contribution in [3.05, 3.63) is 35.7 Å². The molecule has 2 N–H and O–H groups in total. The first kappa shape index (κ1) is 18.0. The maximum absolute atomic E-state index is 12.1. The first-order valence-electron chi connectivity index (χ1n) is 7.59. The van der Waals surface area contributed by atoms with Gasteiger partial charge in [-0.25, -0.2) is 8.42 Å². The zero-order chi connectivity index (χ0) is 17.9. The van der Waals surface area contributed by atoms with Crippen molar-refractivity contribution >= 4 is 21.4 Å². The van der Waals surface area contributed by atoms with E-state index in [-0.39, 0.29) is 34.4 Å². The number of aromatic nitrogens is 2. The number of aromatic hydroxyl groups is 1. The molecule has 0 aliphatic carbocycles. The second-order valence-corrected chi connectivity index (χ2v) is 7.81. The van der Waals surface area contributed by atoms with Crippen molar-refractivity contribution in [2.45, 2.75) is 38.6 Å². The molecule has 0 saturated carbocycles. The van der Waals surface area contributed by atoms with E-state index >= 15 is 0 Å². The summed E-state index contributed by atoms with van der Waals surface area (Å²) in [7, 11) is -3.41. The van der Waals surface area contributed by atoms with Gasteiger partial charge in [-0.05, 0) is 38.1 Å². The van der Waals surface area contributed by atoms with Gasteiger partial charge in [0.15, 0.2) is 9.84 Å². The molecule has 1 aromatic heterocycles. The molecule has 0 unspecified atom stereocenters. The van der Waals surface area contributed by atoms with Crippen molar-refractivity contribution in [1.29, 1.82) is 0 Å². The number of carbonyl (C=O) groups excluding carboxylic acids is 1. The first-order valence-corrected chi connectivity index (χ1v) is 9.25. The third-order valence-electron chi connectivity index (χ3n) is 3.64. The zero-order valence-corrected chi connectivity index (χ0v) is 14.7. The number of anilines is 1. The number of aryl methyl sites for hydroxylation is 3. The standard InChI is InChI=1S/C16H21N3O4S/c1-4-24(22,23)13-5-6-15(20)14(10-13)17-16(21)7-8-19-12(3)9-11(2)18-19/h5-6,9-10,20H,4,7-8H2,1-3H3,(H,17,21). The van der Waals surface area contributed by atoms with Gasteiger partial charge in [-0.2, -0.15) is 5.10 Å². The van der Waals surface area contributed by atoms with E-state index < -0.39 is 9.84 Å². The number of phenols is 1. The fraction of sp³-hybridized carbons (Fsp3) is 0.375. The Morgan fingerprint density at radius 3 is 2.58 bits per heavy atom. The van der Waals surface area contributed by atoms with Gasteiger partial charge in [0.25, 0.3) is 0 Å². The second-order valence-electron chi connectivity index (χ2n) is 5.53. The summed E-state index contributed by atoms with van der Waals surface area (Å²) >= 11 is 0. The molecule has 0 aliphatic heterocycles. The highest BCUT2D eigenvalue weighted by atomic mass is 32.2. The molecule has 0 atom stereocenters. The SMILES string of the molecule is CCS(=O)(=O)c1ccc(O)c(NC(=O)CCn2nc(C)cc2C)c1. The summed E-state index contributed by atoms with van der Waals surface area (Å²) in [6, 6.07) is 5.77. The van der Waals surface area contributed by atoms with E-state index in [1.807, 2.05) is 19.9 Å². The van der Waals surface area contributed by atoms with E-state index in [2.05, 4.69) is 10.4 Å². The highest BCUT2D eigenvalue weighted by Crippen LogP contribution is 2.27. The number of benzene rings is 1. The lowest BCUT2D eigenvalue weighted by molar-refractivity contribution is -0.116. The van der Waals surface area contributed by atoms with E-state index in [1.165, 1.54) is 25.1 Å². The van der Waals surface area contributed by atoms with Crippen LogP contribution in [0.2, 0.25) is 0 Å². The number of phenolic OH excluding ortho intramolecular Hbond substituents is 1. The average molecular weight is 351 g/mol. The molecule has 0 bridgehead atoms. The number of amides is 1. The molecule has 1 heterocycles. The molecule has 0 aliphatic rings.